The normalized spacial score (nSPS) is 9.53. The second-order valence-electron chi connectivity index (χ2n) is 3.95. The molecule has 0 aliphatic carbocycles. The summed E-state index contributed by atoms with van der Waals surface area (Å²) >= 11 is 0. The molecule has 6 heteroatoms. The first-order chi connectivity index (χ1) is 8.68. The molecule has 0 fully saturated rings. The summed E-state index contributed by atoms with van der Waals surface area (Å²) in [5.74, 6) is 5.94. The molecule has 0 spiro atoms. The predicted octanol–water partition coefficient (Wildman–Crippen LogP) is 1.76. The van der Waals surface area contributed by atoms with Crippen LogP contribution < -0.4 is 33.8 Å². The largest absolute Gasteiger partial charge is 0.397 e. The smallest absolute Gasteiger partial charge is 0.103 e. The van der Waals surface area contributed by atoms with Crippen molar-refractivity contribution in [2.75, 3.05) is 28.5 Å². The summed E-state index contributed by atoms with van der Waals surface area (Å²) in [7, 11) is 0. The number of rotatable bonds is 4. The van der Waals surface area contributed by atoms with Crippen LogP contribution >= 0.6 is 0 Å². The monoisotopic (exact) mass is 260 g/mol. The fraction of sp³-hybridized carbons (Fsp3) is 0.0769. The van der Waals surface area contributed by atoms with Crippen molar-refractivity contribution in [1.29, 1.82) is 0 Å². The zero-order chi connectivity index (χ0) is 13.0. The van der Waals surface area contributed by atoms with Gasteiger partial charge in [-0.1, -0.05) is 24.3 Å². The maximum absolute atomic E-state index is 5.94. The number of para-hydroxylation sites is 4. The third kappa shape index (κ3) is 3.51. The van der Waals surface area contributed by atoms with Gasteiger partial charge < -0.3 is 22.9 Å². The summed E-state index contributed by atoms with van der Waals surface area (Å²) in [5, 5.41) is 4.70. The van der Waals surface area contributed by atoms with Gasteiger partial charge in [0.2, 0.25) is 0 Å². The van der Waals surface area contributed by atoms with Crippen LogP contribution in [0.3, 0.4) is 0 Å². The predicted molar refractivity (Wildman–Crippen MR) is 81.9 cm³/mol. The molecular weight excluding hydrogens is 240 g/mol. The SMILES string of the molecule is N.Nc1ccccc1NCN(N)c1ccccc1N. The standard InChI is InChI=1S/C13H17N5.H3N/c14-10-5-1-3-7-12(10)17-9-18(16)13-8-4-2-6-11(13)15;/h1-8,17H,9,14-16H2;1H3. The first kappa shape index (κ1) is 14.6. The summed E-state index contributed by atoms with van der Waals surface area (Å²) in [6, 6.07) is 15.0. The molecule has 0 heterocycles. The van der Waals surface area contributed by atoms with Crippen molar-refractivity contribution in [1.82, 2.24) is 6.15 Å². The van der Waals surface area contributed by atoms with E-state index in [1.54, 1.807) is 5.01 Å². The molecule has 0 amide bonds. The molecule has 10 N–H and O–H groups in total. The van der Waals surface area contributed by atoms with Gasteiger partial charge in [0.25, 0.3) is 0 Å². The van der Waals surface area contributed by atoms with Crippen LogP contribution in [-0.2, 0) is 0 Å². The van der Waals surface area contributed by atoms with Gasteiger partial charge in [-0.3, -0.25) is 5.01 Å². The van der Waals surface area contributed by atoms with Gasteiger partial charge in [-0.2, -0.15) is 0 Å². The fourth-order valence-electron chi connectivity index (χ4n) is 1.66. The lowest BCUT2D eigenvalue weighted by molar-refractivity contribution is 0.903. The number of benzene rings is 2. The van der Waals surface area contributed by atoms with Crippen molar-refractivity contribution in [3.8, 4) is 0 Å². The zero-order valence-corrected chi connectivity index (χ0v) is 10.7. The van der Waals surface area contributed by atoms with Gasteiger partial charge in [0.1, 0.15) is 6.67 Å². The number of hydrogen-bond acceptors (Lipinski definition) is 6. The number of hydrogen-bond donors (Lipinski definition) is 5. The van der Waals surface area contributed by atoms with Gasteiger partial charge in [0, 0.05) is 0 Å². The number of nitrogens with two attached hydrogens (primary N) is 3. The Labute approximate surface area is 112 Å². The van der Waals surface area contributed by atoms with Crippen molar-refractivity contribution in [2.45, 2.75) is 0 Å². The Balaban J connectivity index is 0.00000180. The third-order valence-electron chi connectivity index (χ3n) is 2.65. The molecule has 0 aliphatic rings. The Hall–Kier alpha value is -2.44. The maximum Gasteiger partial charge on any atom is 0.103 e. The summed E-state index contributed by atoms with van der Waals surface area (Å²) in [6.45, 7) is 0.419. The molecule has 102 valence electrons. The Morgan fingerprint density at radius 2 is 1.47 bits per heavy atom. The van der Waals surface area contributed by atoms with E-state index >= 15 is 0 Å². The van der Waals surface area contributed by atoms with E-state index in [4.69, 9.17) is 17.3 Å². The lowest BCUT2D eigenvalue weighted by Gasteiger charge is -2.21. The molecule has 0 bridgehead atoms. The van der Waals surface area contributed by atoms with E-state index in [-0.39, 0.29) is 6.15 Å². The van der Waals surface area contributed by atoms with Crippen LogP contribution in [0.1, 0.15) is 0 Å². The van der Waals surface area contributed by atoms with Crippen LogP contribution in [0.4, 0.5) is 22.7 Å². The minimum absolute atomic E-state index is 0. The lowest BCUT2D eigenvalue weighted by atomic mass is 10.2. The highest BCUT2D eigenvalue weighted by Gasteiger charge is 2.05. The highest BCUT2D eigenvalue weighted by atomic mass is 15.4. The Kier molecular flexibility index (Phi) is 4.99. The van der Waals surface area contributed by atoms with E-state index in [0.717, 1.165) is 11.4 Å². The van der Waals surface area contributed by atoms with E-state index in [9.17, 15) is 0 Å². The molecule has 19 heavy (non-hydrogen) atoms. The highest BCUT2D eigenvalue weighted by Crippen LogP contribution is 2.21. The number of anilines is 4. The van der Waals surface area contributed by atoms with Gasteiger partial charge in [-0.15, -0.1) is 0 Å². The van der Waals surface area contributed by atoms with Crippen molar-refractivity contribution >= 4 is 22.7 Å². The average molecular weight is 260 g/mol. The molecule has 0 radical (unpaired) electrons. The van der Waals surface area contributed by atoms with Crippen LogP contribution in [0.25, 0.3) is 0 Å². The summed E-state index contributed by atoms with van der Waals surface area (Å²) in [6.07, 6.45) is 0. The Bertz CT molecular complexity index is 528. The number of hydrazine groups is 1. The molecule has 0 saturated heterocycles. The van der Waals surface area contributed by atoms with Gasteiger partial charge in [-0.05, 0) is 24.3 Å². The average Bonchev–Trinajstić information content (AvgIpc) is 2.38. The van der Waals surface area contributed by atoms with Gasteiger partial charge in [0.15, 0.2) is 0 Å². The topological polar surface area (TPSA) is 128 Å². The van der Waals surface area contributed by atoms with Gasteiger partial charge in [-0.25, -0.2) is 5.84 Å². The molecule has 0 atom stereocenters. The second-order valence-corrected chi connectivity index (χ2v) is 3.95. The molecule has 0 aliphatic heterocycles. The third-order valence-corrected chi connectivity index (χ3v) is 2.65. The molecule has 2 aromatic carbocycles. The summed E-state index contributed by atoms with van der Waals surface area (Å²) in [5.41, 5.74) is 14.6. The van der Waals surface area contributed by atoms with Crippen molar-refractivity contribution in [2.24, 2.45) is 5.84 Å². The van der Waals surface area contributed by atoms with E-state index < -0.39 is 0 Å². The first-order valence-corrected chi connectivity index (χ1v) is 5.63. The van der Waals surface area contributed by atoms with Crippen LogP contribution in [0.5, 0.6) is 0 Å². The highest BCUT2D eigenvalue weighted by molar-refractivity contribution is 5.69. The minimum Gasteiger partial charge on any atom is -0.397 e. The van der Waals surface area contributed by atoms with Gasteiger partial charge >= 0.3 is 0 Å². The molecule has 6 nitrogen and oxygen atoms in total. The van der Waals surface area contributed by atoms with Crippen LogP contribution in [0, 0.1) is 0 Å². The van der Waals surface area contributed by atoms with E-state index in [1.807, 2.05) is 48.5 Å². The van der Waals surface area contributed by atoms with E-state index in [0.29, 0.717) is 18.0 Å². The molecule has 2 rings (SSSR count). The van der Waals surface area contributed by atoms with Crippen LogP contribution in [0.2, 0.25) is 0 Å². The van der Waals surface area contributed by atoms with E-state index in [1.165, 1.54) is 0 Å². The number of nitrogens with one attached hydrogen (secondary N) is 1. The Morgan fingerprint density at radius 1 is 0.895 bits per heavy atom. The molecule has 0 aromatic heterocycles. The first-order valence-electron chi connectivity index (χ1n) is 5.63. The maximum atomic E-state index is 5.94. The quantitative estimate of drug-likeness (QED) is 0.246. The molecule has 2 aromatic rings. The minimum atomic E-state index is 0. The van der Waals surface area contributed by atoms with Crippen LogP contribution in [0.15, 0.2) is 48.5 Å². The molecular formula is C13H20N6. The van der Waals surface area contributed by atoms with E-state index in [2.05, 4.69) is 5.32 Å². The van der Waals surface area contributed by atoms with Crippen LogP contribution in [-0.4, -0.2) is 6.67 Å². The molecule has 0 saturated carbocycles. The Morgan fingerprint density at radius 3 is 2.11 bits per heavy atom. The zero-order valence-electron chi connectivity index (χ0n) is 10.7. The van der Waals surface area contributed by atoms with Crippen molar-refractivity contribution < 1.29 is 0 Å². The van der Waals surface area contributed by atoms with Crippen molar-refractivity contribution in [3.63, 3.8) is 0 Å². The van der Waals surface area contributed by atoms with Gasteiger partial charge in [0.05, 0.1) is 22.7 Å². The number of nitrogens with zero attached hydrogens (tertiary/aromatic N) is 1. The lowest BCUT2D eigenvalue weighted by Crippen LogP contribution is -2.36. The summed E-state index contributed by atoms with van der Waals surface area (Å²) < 4.78 is 0. The number of nitrogen functional groups attached to an aromatic ring is 2. The fourth-order valence-corrected chi connectivity index (χ4v) is 1.66. The second kappa shape index (κ2) is 6.48. The molecule has 0 unspecified atom stereocenters. The summed E-state index contributed by atoms with van der Waals surface area (Å²) in [4.78, 5) is 0. The van der Waals surface area contributed by atoms with Crippen molar-refractivity contribution in [3.05, 3.63) is 48.5 Å².